The van der Waals surface area contributed by atoms with Crippen molar-refractivity contribution in [1.82, 2.24) is 45.0 Å². The number of nitriles is 2. The first-order valence-corrected chi connectivity index (χ1v) is 19.5. The number of pyridine rings is 2. The first kappa shape index (κ1) is 36.8. The molecule has 0 spiro atoms. The predicted molar refractivity (Wildman–Crippen MR) is 209 cm³/mol. The van der Waals surface area contributed by atoms with Gasteiger partial charge < -0.3 is 10.2 Å². The monoisotopic (exact) mass is 751 g/mol. The van der Waals surface area contributed by atoms with Crippen molar-refractivity contribution in [2.45, 2.75) is 83.1 Å². The van der Waals surface area contributed by atoms with Gasteiger partial charge in [-0.15, -0.1) is 5.10 Å². The molecule has 1 aliphatic carbocycles. The number of aromatic nitrogens is 7. The zero-order chi connectivity index (χ0) is 38.8. The molecule has 6 heterocycles. The summed E-state index contributed by atoms with van der Waals surface area (Å²) in [5, 5.41) is 38.8. The molecule has 56 heavy (non-hydrogen) atoms. The Morgan fingerprint density at radius 2 is 1.79 bits per heavy atom. The minimum absolute atomic E-state index is 0.215. The lowest BCUT2D eigenvalue weighted by molar-refractivity contribution is -0.120. The van der Waals surface area contributed by atoms with Crippen LogP contribution in [0.4, 0.5) is 16.2 Å². The molecule has 3 amide bonds. The van der Waals surface area contributed by atoms with E-state index in [9.17, 15) is 20.1 Å². The first-order valence-electron chi connectivity index (χ1n) is 19.5. The van der Waals surface area contributed by atoms with Crippen LogP contribution >= 0.6 is 0 Å². The van der Waals surface area contributed by atoms with Crippen molar-refractivity contribution in [2.24, 2.45) is 5.92 Å². The molecule has 1 aromatic carbocycles. The van der Waals surface area contributed by atoms with Crippen LogP contribution in [0.1, 0.15) is 92.5 Å². The Bertz CT molecular complexity index is 2340. The average Bonchev–Trinajstić information content (AvgIpc) is 3.88. The highest BCUT2D eigenvalue weighted by molar-refractivity contribution is 6.05. The second-order valence-electron chi connectivity index (χ2n) is 15.4. The van der Waals surface area contributed by atoms with Gasteiger partial charge >= 0.3 is 6.03 Å². The van der Waals surface area contributed by atoms with Crippen LogP contribution in [0.15, 0.2) is 55.1 Å². The number of carbonyl (C=O) groups excluding carboxylic acids is 2. The highest BCUT2D eigenvalue weighted by atomic mass is 16.2. The number of likely N-dealkylation sites (tertiary alicyclic amines) is 1. The number of amides is 3. The van der Waals surface area contributed by atoms with Gasteiger partial charge in [-0.05, 0) is 120 Å². The van der Waals surface area contributed by atoms with Gasteiger partial charge in [-0.25, -0.2) is 19.4 Å². The van der Waals surface area contributed by atoms with Crippen molar-refractivity contribution in [3.8, 4) is 23.6 Å². The Labute approximate surface area is 325 Å². The van der Waals surface area contributed by atoms with Crippen molar-refractivity contribution in [3.05, 3.63) is 77.5 Å². The largest absolute Gasteiger partial charge is 0.368 e. The van der Waals surface area contributed by atoms with Crippen LogP contribution in [0.25, 0.3) is 22.5 Å². The van der Waals surface area contributed by atoms with Gasteiger partial charge in [-0.1, -0.05) is 11.3 Å². The predicted octanol–water partition coefficient (Wildman–Crippen LogP) is 5.89. The number of fused-ring (bicyclic) bond motifs is 1. The second-order valence-corrected chi connectivity index (χ2v) is 15.4. The van der Waals surface area contributed by atoms with Gasteiger partial charge in [-0.2, -0.15) is 20.3 Å². The fourth-order valence-electron chi connectivity index (χ4n) is 8.52. The van der Waals surface area contributed by atoms with E-state index in [0.717, 1.165) is 62.1 Å². The molecule has 2 saturated heterocycles. The van der Waals surface area contributed by atoms with Gasteiger partial charge in [0.05, 0.1) is 41.6 Å². The van der Waals surface area contributed by atoms with Gasteiger partial charge in [0.15, 0.2) is 11.5 Å². The van der Waals surface area contributed by atoms with E-state index in [1.54, 1.807) is 39.6 Å². The molecule has 1 saturated carbocycles. The molecule has 0 bridgehead atoms. The van der Waals surface area contributed by atoms with Crippen molar-refractivity contribution in [1.29, 1.82) is 10.5 Å². The summed E-state index contributed by atoms with van der Waals surface area (Å²) in [5.74, 6) is 1.87. The summed E-state index contributed by atoms with van der Waals surface area (Å²) in [4.78, 5) is 37.3. The molecule has 8 rings (SSSR count). The number of carbonyl (C=O) groups is 2. The van der Waals surface area contributed by atoms with E-state index in [0.29, 0.717) is 59.1 Å². The van der Waals surface area contributed by atoms with Crippen molar-refractivity contribution < 1.29 is 9.59 Å². The van der Waals surface area contributed by atoms with Crippen molar-refractivity contribution in [2.75, 3.05) is 36.4 Å². The number of hydrogen-bond acceptors (Lipinski definition) is 11. The van der Waals surface area contributed by atoms with Crippen LogP contribution in [0.5, 0.6) is 0 Å². The van der Waals surface area contributed by atoms with E-state index in [-0.39, 0.29) is 11.9 Å². The third-order valence-corrected chi connectivity index (χ3v) is 11.7. The zero-order valence-corrected chi connectivity index (χ0v) is 31.7. The molecule has 5 aromatic rings. The standard InChI is InChI=1S/C41H45N13O2/c1-26-17-33(52-16-12-39(55)48-41(52)56)7-8-34(26)30-10-14-51(15-11-30)13-9-28-3-5-31(6-4-28)36-25-53(50-49-36)37-24-44-38(19-35(37)47-27(2)20-42)54-40-32(23-46-54)18-29(21-43)22-45-40/h7-8,17-19,22-25,27-28,30-31H,3-6,9-16H2,1-2H3,(H,44,47)(H,48,55,56)/t27-,28?,31?/m1/s1. The number of urea groups is 1. The summed E-state index contributed by atoms with van der Waals surface area (Å²) in [5.41, 5.74) is 6.78. The molecule has 15 heteroatoms. The minimum atomic E-state index is -0.465. The maximum atomic E-state index is 12.3. The molecule has 3 fully saturated rings. The van der Waals surface area contributed by atoms with E-state index < -0.39 is 6.04 Å². The quantitative estimate of drug-likeness (QED) is 0.173. The fourth-order valence-corrected chi connectivity index (χ4v) is 8.52. The summed E-state index contributed by atoms with van der Waals surface area (Å²) >= 11 is 0. The van der Waals surface area contributed by atoms with Crippen molar-refractivity contribution in [3.63, 3.8) is 0 Å². The maximum Gasteiger partial charge on any atom is 0.328 e. The third-order valence-electron chi connectivity index (χ3n) is 11.7. The Hall–Kier alpha value is -6.19. The third kappa shape index (κ3) is 7.68. The summed E-state index contributed by atoms with van der Waals surface area (Å²) in [6, 6.07) is 13.4. The molecule has 15 nitrogen and oxygen atoms in total. The summed E-state index contributed by atoms with van der Waals surface area (Å²) in [6.07, 6.45) is 15.2. The SMILES string of the molecule is Cc1cc(N2CCC(=O)NC2=O)ccc1C1CCN(CCC2CCC(c3cn(-c4cnc(-n5ncc6cc(C#N)cnc65)cc4N[C@H](C)C#N)nn3)CC2)CC1. The number of aryl methyl sites for hydroxylation is 1. The summed E-state index contributed by atoms with van der Waals surface area (Å²) < 4.78 is 3.35. The smallest absolute Gasteiger partial charge is 0.328 e. The molecular weight excluding hydrogens is 707 g/mol. The molecule has 286 valence electrons. The van der Waals surface area contributed by atoms with Crippen LogP contribution in [0, 0.1) is 35.5 Å². The van der Waals surface area contributed by atoms with E-state index in [1.165, 1.54) is 36.6 Å². The lowest BCUT2D eigenvalue weighted by Crippen LogP contribution is -2.49. The summed E-state index contributed by atoms with van der Waals surface area (Å²) in [7, 11) is 0. The first-order chi connectivity index (χ1) is 27.3. The molecule has 0 radical (unpaired) electrons. The number of imide groups is 1. The van der Waals surface area contributed by atoms with E-state index in [2.05, 4.69) is 72.1 Å². The summed E-state index contributed by atoms with van der Waals surface area (Å²) in [6.45, 7) is 7.66. The molecule has 2 aliphatic heterocycles. The maximum absolute atomic E-state index is 12.3. The number of hydrogen-bond donors (Lipinski definition) is 2. The van der Waals surface area contributed by atoms with Gasteiger partial charge in [0.2, 0.25) is 5.91 Å². The Morgan fingerprint density at radius 1 is 0.964 bits per heavy atom. The van der Waals surface area contributed by atoms with Gasteiger partial charge in [0, 0.05) is 42.2 Å². The lowest BCUT2D eigenvalue weighted by atomic mass is 9.79. The van der Waals surface area contributed by atoms with Gasteiger partial charge in [0.1, 0.15) is 17.8 Å². The number of nitrogens with zero attached hydrogens (tertiary/aromatic N) is 11. The zero-order valence-electron chi connectivity index (χ0n) is 31.7. The van der Waals surface area contributed by atoms with Crippen LogP contribution in [0.3, 0.4) is 0 Å². The number of anilines is 2. The molecule has 1 atom stereocenters. The average molecular weight is 752 g/mol. The fraction of sp³-hybridized carbons (Fsp3) is 0.439. The lowest BCUT2D eigenvalue weighted by Gasteiger charge is -2.35. The Morgan fingerprint density at radius 3 is 2.54 bits per heavy atom. The normalized spacial score (nSPS) is 20.0. The van der Waals surface area contributed by atoms with Crippen LogP contribution in [-0.4, -0.2) is 83.8 Å². The Kier molecular flexibility index (Phi) is 10.4. The van der Waals surface area contributed by atoms with Gasteiger partial charge in [-0.3, -0.25) is 15.0 Å². The highest BCUT2D eigenvalue weighted by Gasteiger charge is 2.28. The highest BCUT2D eigenvalue weighted by Crippen LogP contribution is 2.38. The molecular formula is C41H45N13O2. The van der Waals surface area contributed by atoms with Gasteiger partial charge in [0.25, 0.3) is 0 Å². The second kappa shape index (κ2) is 15.9. The Balaban J connectivity index is 0.842. The molecule has 3 aliphatic rings. The van der Waals surface area contributed by atoms with Crippen LogP contribution in [-0.2, 0) is 4.79 Å². The van der Waals surface area contributed by atoms with E-state index in [4.69, 9.17) is 0 Å². The topological polar surface area (TPSA) is 187 Å². The number of piperidine rings is 1. The van der Waals surface area contributed by atoms with E-state index in [1.807, 2.05) is 18.3 Å². The minimum Gasteiger partial charge on any atom is -0.368 e. The van der Waals surface area contributed by atoms with Crippen LogP contribution in [0.2, 0.25) is 0 Å². The van der Waals surface area contributed by atoms with Crippen molar-refractivity contribution >= 4 is 34.3 Å². The molecule has 4 aromatic heterocycles. The molecule has 2 N–H and O–H groups in total. The number of nitrogens with one attached hydrogen (secondary N) is 2. The van der Waals surface area contributed by atoms with E-state index >= 15 is 0 Å². The number of benzene rings is 1. The van der Waals surface area contributed by atoms with Crippen LogP contribution < -0.4 is 15.5 Å². The number of rotatable bonds is 10. The molecule has 0 unspecified atom stereocenters.